The zero-order valence-corrected chi connectivity index (χ0v) is 19.7. The monoisotopic (exact) mass is 486 g/mol. The number of hydrogen-bond acceptors (Lipinski definition) is 5. The first-order valence-electron chi connectivity index (χ1n) is 10.1. The number of carbonyl (C=O) groups excluding carboxylic acids is 2. The number of esters is 1. The highest BCUT2D eigenvalue weighted by molar-refractivity contribution is 7.92. The molecule has 0 heterocycles. The number of nitrogens with zero attached hydrogens (tertiary/aromatic N) is 1. The lowest BCUT2D eigenvalue weighted by Crippen LogP contribution is -2.38. The summed E-state index contributed by atoms with van der Waals surface area (Å²) in [5.74, 6) is -1.09. The molecule has 0 aliphatic heterocycles. The highest BCUT2D eigenvalue weighted by atomic mass is 35.5. The number of halogens is 1. The molecular weight excluding hydrogens is 464 g/mol. The van der Waals surface area contributed by atoms with Crippen LogP contribution in [0.2, 0.25) is 5.02 Å². The Hall–Kier alpha value is -3.36. The molecule has 33 heavy (non-hydrogen) atoms. The summed E-state index contributed by atoms with van der Waals surface area (Å²) in [4.78, 5) is 24.8. The second-order valence-corrected chi connectivity index (χ2v) is 9.45. The smallest absolute Gasteiger partial charge is 0.338 e. The van der Waals surface area contributed by atoms with Gasteiger partial charge in [-0.05, 0) is 68.4 Å². The van der Waals surface area contributed by atoms with Gasteiger partial charge in [-0.25, -0.2) is 13.2 Å². The highest BCUT2D eigenvalue weighted by Gasteiger charge is 2.27. The first-order valence-corrected chi connectivity index (χ1v) is 11.9. The van der Waals surface area contributed by atoms with Gasteiger partial charge >= 0.3 is 5.97 Å². The Morgan fingerprint density at radius 3 is 2.30 bits per heavy atom. The Balaban J connectivity index is 1.88. The molecule has 3 aromatic carbocycles. The summed E-state index contributed by atoms with van der Waals surface area (Å²) in [7, 11) is -4.06. The van der Waals surface area contributed by atoms with Crippen molar-refractivity contribution in [3.8, 4) is 0 Å². The van der Waals surface area contributed by atoms with Crippen molar-refractivity contribution in [2.24, 2.45) is 0 Å². The summed E-state index contributed by atoms with van der Waals surface area (Å²) in [5, 5.41) is 3.05. The van der Waals surface area contributed by atoms with Gasteiger partial charge in [0.25, 0.3) is 10.0 Å². The van der Waals surface area contributed by atoms with E-state index in [-0.39, 0.29) is 17.1 Å². The van der Waals surface area contributed by atoms with Crippen molar-refractivity contribution in [3.63, 3.8) is 0 Å². The molecule has 0 aromatic heterocycles. The Morgan fingerprint density at radius 1 is 1.00 bits per heavy atom. The van der Waals surface area contributed by atoms with Crippen LogP contribution in [-0.4, -0.2) is 33.4 Å². The Morgan fingerprint density at radius 2 is 1.67 bits per heavy atom. The SMILES string of the molecule is CCOC(=O)c1cccc(NC(=O)CN(c2ccc(C)cc2)S(=O)(=O)c2ccc(Cl)cc2)c1. The van der Waals surface area contributed by atoms with Crippen molar-refractivity contribution in [2.75, 3.05) is 22.8 Å². The summed E-state index contributed by atoms with van der Waals surface area (Å²) in [6.45, 7) is 3.33. The van der Waals surface area contributed by atoms with Crippen LogP contribution in [0.3, 0.4) is 0 Å². The zero-order valence-electron chi connectivity index (χ0n) is 18.1. The van der Waals surface area contributed by atoms with Crippen molar-refractivity contribution < 1.29 is 22.7 Å². The fourth-order valence-electron chi connectivity index (χ4n) is 3.03. The summed E-state index contributed by atoms with van der Waals surface area (Å²) in [5.41, 5.74) is 1.91. The predicted molar refractivity (Wildman–Crippen MR) is 128 cm³/mol. The van der Waals surface area contributed by atoms with Crippen LogP contribution in [0.1, 0.15) is 22.8 Å². The Kier molecular flexibility index (Phi) is 7.73. The quantitative estimate of drug-likeness (QED) is 0.467. The molecule has 0 aliphatic carbocycles. The fraction of sp³-hybridized carbons (Fsp3) is 0.167. The van der Waals surface area contributed by atoms with Gasteiger partial charge in [0.1, 0.15) is 6.54 Å². The van der Waals surface area contributed by atoms with Crippen LogP contribution in [0.4, 0.5) is 11.4 Å². The molecule has 3 rings (SSSR count). The second-order valence-electron chi connectivity index (χ2n) is 7.15. The number of rotatable bonds is 8. The maximum absolute atomic E-state index is 13.4. The summed E-state index contributed by atoms with van der Waals surface area (Å²) < 4.78 is 32.7. The molecule has 3 aromatic rings. The Bertz CT molecular complexity index is 1240. The van der Waals surface area contributed by atoms with E-state index in [9.17, 15) is 18.0 Å². The van der Waals surface area contributed by atoms with Gasteiger partial charge in [0, 0.05) is 10.7 Å². The summed E-state index contributed by atoms with van der Waals surface area (Å²) in [6.07, 6.45) is 0. The lowest BCUT2D eigenvalue weighted by Gasteiger charge is -2.24. The maximum Gasteiger partial charge on any atom is 0.338 e. The molecule has 0 fully saturated rings. The van der Waals surface area contributed by atoms with Crippen molar-refractivity contribution in [3.05, 3.63) is 88.9 Å². The van der Waals surface area contributed by atoms with E-state index in [1.54, 1.807) is 49.4 Å². The molecule has 1 amide bonds. The number of hydrogen-bond donors (Lipinski definition) is 1. The predicted octanol–water partition coefficient (Wildman–Crippen LogP) is 4.66. The molecule has 0 aliphatic rings. The van der Waals surface area contributed by atoms with E-state index < -0.39 is 28.4 Å². The zero-order chi connectivity index (χ0) is 24.0. The van der Waals surface area contributed by atoms with Crippen molar-refractivity contribution in [1.82, 2.24) is 0 Å². The number of anilines is 2. The van der Waals surface area contributed by atoms with E-state index in [1.165, 1.54) is 30.3 Å². The molecule has 7 nitrogen and oxygen atoms in total. The second kappa shape index (κ2) is 10.5. The van der Waals surface area contributed by atoms with Gasteiger partial charge in [-0.2, -0.15) is 0 Å². The molecule has 0 radical (unpaired) electrons. The van der Waals surface area contributed by atoms with Crippen molar-refractivity contribution in [1.29, 1.82) is 0 Å². The van der Waals surface area contributed by atoms with Crippen LogP contribution >= 0.6 is 11.6 Å². The van der Waals surface area contributed by atoms with E-state index in [2.05, 4.69) is 5.32 Å². The average molecular weight is 487 g/mol. The van der Waals surface area contributed by atoms with Gasteiger partial charge in [0.2, 0.25) is 5.91 Å². The molecule has 9 heteroatoms. The van der Waals surface area contributed by atoms with E-state index in [0.717, 1.165) is 9.87 Å². The Labute approximate surface area is 198 Å². The number of aryl methyl sites for hydroxylation is 1. The van der Waals surface area contributed by atoms with E-state index >= 15 is 0 Å². The normalized spacial score (nSPS) is 11.0. The maximum atomic E-state index is 13.4. The first-order chi connectivity index (χ1) is 15.7. The van der Waals surface area contributed by atoms with Crippen LogP contribution in [0, 0.1) is 6.92 Å². The molecule has 0 atom stereocenters. The molecule has 0 saturated heterocycles. The molecule has 0 spiro atoms. The average Bonchev–Trinajstić information content (AvgIpc) is 2.79. The molecule has 0 saturated carbocycles. The number of sulfonamides is 1. The third-order valence-electron chi connectivity index (χ3n) is 4.67. The highest BCUT2D eigenvalue weighted by Crippen LogP contribution is 2.25. The van der Waals surface area contributed by atoms with E-state index in [0.29, 0.717) is 16.4 Å². The minimum absolute atomic E-state index is 0.00424. The van der Waals surface area contributed by atoms with Crippen molar-refractivity contribution >= 4 is 44.9 Å². The standard InChI is InChI=1S/C24H23ClN2O5S/c1-3-32-24(29)18-5-4-6-20(15-18)26-23(28)16-27(21-11-7-17(2)8-12-21)33(30,31)22-13-9-19(25)10-14-22/h4-15H,3,16H2,1-2H3,(H,26,28). The molecule has 1 N–H and O–H groups in total. The van der Waals surface area contributed by atoms with Gasteiger partial charge in [0.15, 0.2) is 0 Å². The minimum Gasteiger partial charge on any atom is -0.462 e. The summed E-state index contributed by atoms with van der Waals surface area (Å²) >= 11 is 5.90. The lowest BCUT2D eigenvalue weighted by atomic mass is 10.2. The van der Waals surface area contributed by atoms with E-state index in [1.807, 2.05) is 6.92 Å². The number of carbonyl (C=O) groups is 2. The molecular formula is C24H23ClN2O5S. The van der Waals surface area contributed by atoms with Crippen molar-refractivity contribution in [2.45, 2.75) is 18.7 Å². The number of ether oxygens (including phenoxy) is 1. The van der Waals surface area contributed by atoms with Gasteiger partial charge in [0.05, 0.1) is 22.8 Å². The minimum atomic E-state index is -4.06. The largest absolute Gasteiger partial charge is 0.462 e. The number of benzene rings is 3. The first kappa shape index (κ1) is 24.3. The molecule has 0 unspecified atom stereocenters. The van der Waals surface area contributed by atoms with Crippen LogP contribution in [0.5, 0.6) is 0 Å². The van der Waals surface area contributed by atoms with Crippen LogP contribution in [0.15, 0.2) is 77.7 Å². The topological polar surface area (TPSA) is 92.8 Å². The number of nitrogens with one attached hydrogen (secondary N) is 1. The molecule has 0 bridgehead atoms. The van der Waals surface area contributed by atoms with Crippen LogP contribution in [0.25, 0.3) is 0 Å². The molecule has 172 valence electrons. The van der Waals surface area contributed by atoms with Gasteiger partial charge in [-0.1, -0.05) is 35.4 Å². The third kappa shape index (κ3) is 6.12. The van der Waals surface area contributed by atoms with Gasteiger partial charge in [-0.3, -0.25) is 9.10 Å². The fourth-order valence-corrected chi connectivity index (χ4v) is 4.58. The number of amides is 1. The van der Waals surface area contributed by atoms with Gasteiger partial charge < -0.3 is 10.1 Å². The summed E-state index contributed by atoms with van der Waals surface area (Å²) in [6, 6.07) is 18.8. The lowest BCUT2D eigenvalue weighted by molar-refractivity contribution is -0.114. The van der Waals surface area contributed by atoms with Crippen LogP contribution in [-0.2, 0) is 19.6 Å². The van der Waals surface area contributed by atoms with Gasteiger partial charge in [-0.15, -0.1) is 0 Å². The van der Waals surface area contributed by atoms with E-state index in [4.69, 9.17) is 16.3 Å². The van der Waals surface area contributed by atoms with Crippen LogP contribution < -0.4 is 9.62 Å². The third-order valence-corrected chi connectivity index (χ3v) is 6.71.